The lowest BCUT2D eigenvalue weighted by Crippen LogP contribution is -2.51. The van der Waals surface area contributed by atoms with Gasteiger partial charge in [-0.2, -0.15) is 0 Å². The summed E-state index contributed by atoms with van der Waals surface area (Å²) in [6, 6.07) is 8.82. The van der Waals surface area contributed by atoms with E-state index in [0.717, 1.165) is 25.7 Å². The van der Waals surface area contributed by atoms with E-state index in [1.165, 1.54) is 29.5 Å². The summed E-state index contributed by atoms with van der Waals surface area (Å²) < 4.78 is 16.0. The molecule has 1 N–H and O–H groups in total. The SMILES string of the molecule is C/C=C\C(=C/C)CCCCc1ccc(CCC(C)(COCOC)NC(=O)OC(C)(C)C)cc1. The van der Waals surface area contributed by atoms with E-state index in [0.29, 0.717) is 6.61 Å². The summed E-state index contributed by atoms with van der Waals surface area (Å²) in [5.74, 6) is 0. The van der Waals surface area contributed by atoms with Crippen LogP contribution in [0.15, 0.2) is 48.1 Å². The van der Waals surface area contributed by atoms with E-state index >= 15 is 0 Å². The van der Waals surface area contributed by atoms with E-state index in [9.17, 15) is 4.79 Å². The summed E-state index contributed by atoms with van der Waals surface area (Å²) in [6.45, 7) is 12.2. The van der Waals surface area contributed by atoms with Crippen LogP contribution in [0.1, 0.15) is 78.4 Å². The maximum absolute atomic E-state index is 12.4. The van der Waals surface area contributed by atoms with E-state index in [2.05, 4.69) is 61.7 Å². The molecule has 1 rings (SSSR count). The molecule has 1 aromatic rings. The van der Waals surface area contributed by atoms with Gasteiger partial charge < -0.3 is 19.5 Å². The second-order valence-electron chi connectivity index (χ2n) is 9.83. The van der Waals surface area contributed by atoms with Gasteiger partial charge in [0.1, 0.15) is 12.4 Å². The Kier molecular flexibility index (Phi) is 13.1. The minimum Gasteiger partial charge on any atom is -0.444 e. The molecule has 0 saturated heterocycles. The molecule has 0 aliphatic carbocycles. The third kappa shape index (κ3) is 13.2. The molecule has 0 aliphatic heterocycles. The average Bonchev–Trinajstić information content (AvgIpc) is 2.74. The lowest BCUT2D eigenvalue weighted by molar-refractivity contribution is -0.0533. The number of carbonyl (C=O) groups excluding carboxylic acids is 1. The van der Waals surface area contributed by atoms with Crippen molar-refractivity contribution < 1.29 is 19.0 Å². The van der Waals surface area contributed by atoms with Crippen molar-refractivity contribution in [3.05, 3.63) is 59.2 Å². The number of carbonyl (C=O) groups is 1. The summed E-state index contributed by atoms with van der Waals surface area (Å²) in [5, 5.41) is 3.00. The summed E-state index contributed by atoms with van der Waals surface area (Å²) in [7, 11) is 1.59. The number of alkyl carbamates (subject to hydrolysis) is 1. The molecule has 0 aliphatic rings. The van der Waals surface area contributed by atoms with Gasteiger partial charge in [-0.25, -0.2) is 4.79 Å². The van der Waals surface area contributed by atoms with Crippen molar-refractivity contribution in [2.24, 2.45) is 0 Å². The van der Waals surface area contributed by atoms with Crippen LogP contribution < -0.4 is 5.32 Å². The molecule has 0 spiro atoms. The van der Waals surface area contributed by atoms with Crippen LogP contribution in [-0.4, -0.2) is 37.7 Å². The van der Waals surface area contributed by atoms with Crippen molar-refractivity contribution >= 4 is 6.09 Å². The molecular formula is C28H45NO4. The molecule has 0 saturated carbocycles. The number of benzene rings is 1. The second-order valence-corrected chi connectivity index (χ2v) is 9.83. The van der Waals surface area contributed by atoms with Crippen molar-refractivity contribution in [1.82, 2.24) is 5.32 Å². The van der Waals surface area contributed by atoms with Gasteiger partial charge in [0.2, 0.25) is 0 Å². The molecule has 1 atom stereocenters. The molecule has 0 bridgehead atoms. The standard InChI is InChI=1S/C28H45NO4/c1-8-12-23(9-2)13-10-11-14-24-15-17-25(18-16-24)19-20-28(6,21-32-22-31-7)29-26(30)33-27(3,4)5/h8-9,12,15-18H,10-11,13-14,19-22H2,1-7H3,(H,29,30)/b12-8-,23-9+. The van der Waals surface area contributed by atoms with Crippen LogP contribution in [0.5, 0.6) is 0 Å². The highest BCUT2D eigenvalue weighted by Gasteiger charge is 2.29. The average molecular weight is 460 g/mol. The molecule has 5 nitrogen and oxygen atoms in total. The minimum absolute atomic E-state index is 0.185. The van der Waals surface area contributed by atoms with Gasteiger partial charge in [-0.05, 0) is 91.2 Å². The lowest BCUT2D eigenvalue weighted by atomic mass is 9.93. The fraction of sp³-hybridized carbons (Fsp3) is 0.607. The summed E-state index contributed by atoms with van der Waals surface area (Å²) in [4.78, 5) is 12.4. The van der Waals surface area contributed by atoms with Crippen molar-refractivity contribution in [1.29, 1.82) is 0 Å². The Morgan fingerprint density at radius 3 is 2.18 bits per heavy atom. The monoisotopic (exact) mass is 459 g/mol. The molecule has 186 valence electrons. The molecule has 0 heterocycles. The number of hydrogen-bond donors (Lipinski definition) is 1. The second kappa shape index (κ2) is 14.9. The highest BCUT2D eigenvalue weighted by Crippen LogP contribution is 2.19. The number of unbranched alkanes of at least 4 members (excludes halogenated alkanes) is 1. The molecule has 1 aromatic carbocycles. The van der Waals surface area contributed by atoms with Crippen molar-refractivity contribution in [3.8, 4) is 0 Å². The molecule has 33 heavy (non-hydrogen) atoms. The molecule has 1 unspecified atom stereocenters. The van der Waals surface area contributed by atoms with Gasteiger partial charge in [0.05, 0.1) is 12.1 Å². The Balaban J connectivity index is 2.59. The highest BCUT2D eigenvalue weighted by atomic mass is 16.7. The molecule has 0 aromatic heterocycles. The minimum atomic E-state index is -0.559. The van der Waals surface area contributed by atoms with Gasteiger partial charge in [0, 0.05) is 7.11 Å². The Morgan fingerprint density at radius 2 is 1.64 bits per heavy atom. The van der Waals surface area contributed by atoms with E-state index in [4.69, 9.17) is 14.2 Å². The Morgan fingerprint density at radius 1 is 1.00 bits per heavy atom. The van der Waals surface area contributed by atoms with Crippen LogP contribution in [-0.2, 0) is 27.1 Å². The maximum atomic E-state index is 12.4. The Labute approximate surface area is 201 Å². The summed E-state index contributed by atoms with van der Waals surface area (Å²) >= 11 is 0. The lowest BCUT2D eigenvalue weighted by Gasteiger charge is -2.32. The van der Waals surface area contributed by atoms with Crippen molar-refractivity contribution in [3.63, 3.8) is 0 Å². The third-order valence-electron chi connectivity index (χ3n) is 5.35. The topological polar surface area (TPSA) is 56.8 Å². The normalized spacial score (nSPS) is 14.3. The number of rotatable bonds is 14. The molecule has 0 radical (unpaired) electrons. The number of methoxy groups -OCH3 is 1. The summed E-state index contributed by atoms with van der Waals surface area (Å²) in [5.41, 5.74) is 2.91. The first-order valence-corrected chi connectivity index (χ1v) is 12.0. The highest BCUT2D eigenvalue weighted by molar-refractivity contribution is 5.68. The number of hydrogen-bond acceptors (Lipinski definition) is 4. The van der Waals surface area contributed by atoms with E-state index < -0.39 is 17.2 Å². The molecule has 5 heteroatoms. The Bertz CT molecular complexity index is 746. The fourth-order valence-electron chi connectivity index (χ4n) is 3.56. The van der Waals surface area contributed by atoms with Gasteiger partial charge in [0.25, 0.3) is 0 Å². The first-order chi connectivity index (χ1) is 15.6. The maximum Gasteiger partial charge on any atom is 0.408 e. The van der Waals surface area contributed by atoms with Crippen LogP contribution in [0, 0.1) is 0 Å². The van der Waals surface area contributed by atoms with E-state index in [-0.39, 0.29) is 6.79 Å². The van der Waals surface area contributed by atoms with Crippen LogP contribution in [0.4, 0.5) is 4.79 Å². The van der Waals surface area contributed by atoms with Crippen LogP contribution >= 0.6 is 0 Å². The van der Waals surface area contributed by atoms with Gasteiger partial charge in [0.15, 0.2) is 0 Å². The molecule has 1 amide bonds. The predicted octanol–water partition coefficient (Wildman–Crippen LogP) is 6.76. The van der Waals surface area contributed by atoms with Crippen LogP contribution in [0.3, 0.4) is 0 Å². The zero-order chi connectivity index (χ0) is 24.7. The predicted molar refractivity (Wildman–Crippen MR) is 136 cm³/mol. The molecule has 0 fully saturated rings. The zero-order valence-corrected chi connectivity index (χ0v) is 21.8. The van der Waals surface area contributed by atoms with Gasteiger partial charge >= 0.3 is 6.09 Å². The van der Waals surface area contributed by atoms with Gasteiger partial charge in [-0.15, -0.1) is 0 Å². The molecular weight excluding hydrogens is 414 g/mol. The largest absolute Gasteiger partial charge is 0.444 e. The quantitative estimate of drug-likeness (QED) is 0.190. The first-order valence-electron chi connectivity index (χ1n) is 12.0. The van der Waals surface area contributed by atoms with Crippen molar-refractivity contribution in [2.75, 3.05) is 20.5 Å². The van der Waals surface area contributed by atoms with Crippen LogP contribution in [0.25, 0.3) is 0 Å². The smallest absolute Gasteiger partial charge is 0.408 e. The number of aryl methyl sites for hydroxylation is 2. The number of amides is 1. The van der Waals surface area contributed by atoms with Crippen LogP contribution in [0.2, 0.25) is 0 Å². The third-order valence-corrected chi connectivity index (χ3v) is 5.35. The van der Waals surface area contributed by atoms with Gasteiger partial charge in [-0.1, -0.05) is 48.1 Å². The number of ether oxygens (including phenoxy) is 3. The fourth-order valence-corrected chi connectivity index (χ4v) is 3.56. The Hall–Kier alpha value is -2.11. The number of allylic oxidation sites excluding steroid dienone is 4. The van der Waals surface area contributed by atoms with E-state index in [1.807, 2.05) is 27.7 Å². The number of nitrogens with one attached hydrogen (secondary N) is 1. The van der Waals surface area contributed by atoms with Gasteiger partial charge in [-0.3, -0.25) is 0 Å². The van der Waals surface area contributed by atoms with Crippen molar-refractivity contribution in [2.45, 2.75) is 91.2 Å². The first kappa shape index (κ1) is 28.9. The van der Waals surface area contributed by atoms with E-state index in [1.54, 1.807) is 7.11 Å². The summed E-state index contributed by atoms with van der Waals surface area (Å²) in [6.07, 6.45) is 12.2. The zero-order valence-electron chi connectivity index (χ0n) is 21.8.